The van der Waals surface area contributed by atoms with Gasteiger partial charge in [-0.05, 0) is 15.9 Å². The summed E-state index contributed by atoms with van der Waals surface area (Å²) >= 11 is 10.1. The van der Waals surface area contributed by atoms with E-state index < -0.39 is 5.97 Å². The van der Waals surface area contributed by atoms with E-state index in [1.54, 1.807) is 6.07 Å². The van der Waals surface area contributed by atoms with Crippen molar-refractivity contribution >= 4 is 44.8 Å². The molecule has 0 amide bonds. The Morgan fingerprint density at radius 2 is 2.50 bits per heavy atom. The number of carbonyl (C=O) groups is 1. The van der Waals surface area contributed by atoms with Crippen LogP contribution in [0.15, 0.2) is 10.5 Å². The predicted molar refractivity (Wildman–Crippen MR) is 50.2 cm³/mol. The lowest BCUT2D eigenvalue weighted by molar-refractivity contribution is -0.139. The van der Waals surface area contributed by atoms with Gasteiger partial charge in [-0.15, -0.1) is 0 Å². The second kappa shape index (κ2) is 4.11. The van der Waals surface area contributed by atoms with E-state index >= 15 is 0 Å². The number of aliphatic carboxylic acids is 1. The number of ether oxygens (including phenoxy) is 1. The van der Waals surface area contributed by atoms with Crippen LogP contribution in [0.5, 0.6) is 5.06 Å². The lowest BCUT2D eigenvalue weighted by Crippen LogP contribution is -2.08. The molecule has 3 nitrogen and oxygen atoms in total. The Balaban J connectivity index is 2.58. The molecule has 0 aliphatic heterocycles. The molecule has 0 saturated carbocycles. The highest BCUT2D eigenvalue weighted by atomic mass is 79.9. The van der Waals surface area contributed by atoms with Crippen molar-refractivity contribution in [3.8, 4) is 5.06 Å². The Labute approximate surface area is 86.0 Å². The molecule has 0 aliphatic rings. The summed E-state index contributed by atoms with van der Waals surface area (Å²) in [5.74, 6) is -1.00. The van der Waals surface area contributed by atoms with Gasteiger partial charge >= 0.3 is 5.97 Å². The Hall–Kier alpha value is -0.260. The molecule has 0 bridgehead atoms. The summed E-state index contributed by atoms with van der Waals surface area (Å²) in [6, 6.07) is 1.63. The molecule has 1 aromatic heterocycles. The van der Waals surface area contributed by atoms with E-state index in [9.17, 15) is 4.79 Å². The van der Waals surface area contributed by atoms with Gasteiger partial charge < -0.3 is 9.84 Å². The third-order valence-electron chi connectivity index (χ3n) is 0.960. The number of thiophene rings is 1. The molecule has 0 spiro atoms. The van der Waals surface area contributed by atoms with Crippen molar-refractivity contribution in [3.05, 3.63) is 14.9 Å². The SMILES string of the molecule is O=C(O)COc1cc(Br)c(Cl)s1. The van der Waals surface area contributed by atoms with Crippen LogP contribution in [0, 0.1) is 0 Å². The maximum absolute atomic E-state index is 10.1. The third-order valence-corrected chi connectivity index (χ3v) is 3.35. The minimum absolute atomic E-state index is 0.344. The van der Waals surface area contributed by atoms with Gasteiger partial charge in [-0.25, -0.2) is 4.79 Å². The van der Waals surface area contributed by atoms with Crippen LogP contribution in [0.4, 0.5) is 0 Å². The van der Waals surface area contributed by atoms with Gasteiger partial charge in [-0.1, -0.05) is 22.9 Å². The van der Waals surface area contributed by atoms with Gasteiger partial charge in [0.15, 0.2) is 11.7 Å². The highest BCUT2D eigenvalue weighted by Gasteiger charge is 2.06. The number of carboxylic acid groups (broad SMARTS) is 1. The zero-order valence-electron chi connectivity index (χ0n) is 5.71. The van der Waals surface area contributed by atoms with Gasteiger partial charge in [-0.3, -0.25) is 0 Å². The molecule has 0 saturated heterocycles. The molecule has 12 heavy (non-hydrogen) atoms. The second-order valence-electron chi connectivity index (χ2n) is 1.87. The minimum atomic E-state index is -1.00. The van der Waals surface area contributed by atoms with Gasteiger partial charge in [0, 0.05) is 6.07 Å². The van der Waals surface area contributed by atoms with E-state index in [1.807, 2.05) is 0 Å². The molecule has 0 aromatic carbocycles. The molecule has 0 aliphatic carbocycles. The van der Waals surface area contributed by atoms with Crippen molar-refractivity contribution in [1.82, 2.24) is 0 Å². The quantitative estimate of drug-likeness (QED) is 0.919. The first-order chi connectivity index (χ1) is 5.59. The van der Waals surface area contributed by atoms with E-state index in [2.05, 4.69) is 15.9 Å². The van der Waals surface area contributed by atoms with Gasteiger partial charge in [0.05, 0.1) is 4.47 Å². The molecule has 0 unspecified atom stereocenters. The average molecular weight is 272 g/mol. The fourth-order valence-electron chi connectivity index (χ4n) is 0.531. The summed E-state index contributed by atoms with van der Waals surface area (Å²) in [4.78, 5) is 10.1. The fourth-order valence-corrected chi connectivity index (χ4v) is 2.04. The number of hydrogen-bond donors (Lipinski definition) is 1. The molecule has 0 atom stereocenters. The van der Waals surface area contributed by atoms with Crippen molar-refractivity contribution < 1.29 is 14.6 Å². The van der Waals surface area contributed by atoms with Crippen molar-refractivity contribution in [2.45, 2.75) is 0 Å². The van der Waals surface area contributed by atoms with Crippen LogP contribution in [0.25, 0.3) is 0 Å². The normalized spacial score (nSPS) is 9.83. The third kappa shape index (κ3) is 2.66. The molecule has 0 fully saturated rings. The van der Waals surface area contributed by atoms with E-state index in [1.165, 1.54) is 11.3 Å². The number of carboxylic acids is 1. The Morgan fingerprint density at radius 1 is 1.83 bits per heavy atom. The Kier molecular flexibility index (Phi) is 3.37. The fraction of sp³-hybridized carbons (Fsp3) is 0.167. The van der Waals surface area contributed by atoms with Crippen LogP contribution in [-0.4, -0.2) is 17.7 Å². The highest BCUT2D eigenvalue weighted by molar-refractivity contribution is 9.10. The van der Waals surface area contributed by atoms with Crippen LogP contribution in [0.1, 0.15) is 0 Å². The second-order valence-corrected chi connectivity index (χ2v) is 4.34. The van der Waals surface area contributed by atoms with Gasteiger partial charge in [0.1, 0.15) is 4.34 Å². The smallest absolute Gasteiger partial charge is 0.341 e. The maximum atomic E-state index is 10.1. The van der Waals surface area contributed by atoms with Crippen LogP contribution in [-0.2, 0) is 4.79 Å². The number of halogens is 2. The van der Waals surface area contributed by atoms with Gasteiger partial charge in [0.2, 0.25) is 0 Å². The summed E-state index contributed by atoms with van der Waals surface area (Å²) in [6.07, 6.45) is 0. The standard InChI is InChI=1S/C6H4BrClO3S/c7-3-1-5(12-6(3)8)11-2-4(9)10/h1H,2H2,(H,9,10). The summed E-state index contributed by atoms with van der Waals surface area (Å²) < 4.78 is 6.14. The van der Waals surface area contributed by atoms with E-state index in [0.29, 0.717) is 9.40 Å². The molecule has 66 valence electrons. The highest BCUT2D eigenvalue weighted by Crippen LogP contribution is 2.36. The lowest BCUT2D eigenvalue weighted by Gasteiger charge is -1.95. The molecule has 0 radical (unpaired) electrons. The topological polar surface area (TPSA) is 46.5 Å². The van der Waals surface area contributed by atoms with Crippen LogP contribution < -0.4 is 4.74 Å². The molecule has 1 heterocycles. The first kappa shape index (κ1) is 9.83. The van der Waals surface area contributed by atoms with Crippen LogP contribution >= 0.6 is 38.9 Å². The van der Waals surface area contributed by atoms with E-state index in [-0.39, 0.29) is 6.61 Å². The molecule has 1 N–H and O–H groups in total. The van der Waals surface area contributed by atoms with Gasteiger partial charge in [-0.2, -0.15) is 0 Å². The van der Waals surface area contributed by atoms with Crippen molar-refractivity contribution in [3.63, 3.8) is 0 Å². The van der Waals surface area contributed by atoms with Crippen molar-refractivity contribution in [1.29, 1.82) is 0 Å². The van der Waals surface area contributed by atoms with E-state index in [4.69, 9.17) is 21.4 Å². The monoisotopic (exact) mass is 270 g/mol. The Bertz CT molecular complexity index is 279. The summed E-state index contributed by atoms with van der Waals surface area (Å²) in [6.45, 7) is -0.344. The zero-order valence-corrected chi connectivity index (χ0v) is 8.87. The van der Waals surface area contributed by atoms with Crippen molar-refractivity contribution in [2.24, 2.45) is 0 Å². The minimum Gasteiger partial charge on any atom is -0.479 e. The summed E-state index contributed by atoms with van der Waals surface area (Å²) in [5, 5.41) is 8.78. The molecular formula is C6H4BrClO3S. The van der Waals surface area contributed by atoms with Crippen molar-refractivity contribution in [2.75, 3.05) is 6.61 Å². The summed E-state index contributed by atoms with van der Waals surface area (Å²) in [7, 11) is 0. The van der Waals surface area contributed by atoms with Crippen LogP contribution in [0.2, 0.25) is 4.34 Å². The van der Waals surface area contributed by atoms with Crippen LogP contribution in [0.3, 0.4) is 0 Å². The molecular weight excluding hydrogens is 267 g/mol. The largest absolute Gasteiger partial charge is 0.479 e. The van der Waals surface area contributed by atoms with Gasteiger partial charge in [0.25, 0.3) is 0 Å². The Morgan fingerprint density at radius 3 is 2.92 bits per heavy atom. The first-order valence-corrected chi connectivity index (χ1v) is 4.88. The zero-order chi connectivity index (χ0) is 9.14. The number of hydrogen-bond acceptors (Lipinski definition) is 3. The average Bonchev–Trinajstić information content (AvgIpc) is 2.28. The predicted octanol–water partition coefficient (Wildman–Crippen LogP) is 2.63. The number of rotatable bonds is 3. The van der Waals surface area contributed by atoms with E-state index in [0.717, 1.165) is 4.47 Å². The first-order valence-electron chi connectivity index (χ1n) is 2.89. The summed E-state index contributed by atoms with van der Waals surface area (Å²) in [5.41, 5.74) is 0. The molecule has 6 heteroatoms. The maximum Gasteiger partial charge on any atom is 0.341 e. The molecule has 1 rings (SSSR count). The molecule has 1 aromatic rings. The lowest BCUT2D eigenvalue weighted by atomic mass is 10.6.